The summed E-state index contributed by atoms with van der Waals surface area (Å²) < 4.78 is 38.0. The fourth-order valence-electron chi connectivity index (χ4n) is 2.88. The van der Waals surface area contributed by atoms with Crippen molar-refractivity contribution in [3.8, 4) is 0 Å². The molecule has 0 spiro atoms. The van der Waals surface area contributed by atoms with Gasteiger partial charge in [0.1, 0.15) is 0 Å². The van der Waals surface area contributed by atoms with Gasteiger partial charge in [-0.1, -0.05) is 35.9 Å². The number of alkyl halides is 3. The molecular formula is C20H20ClF3N2O. The first-order chi connectivity index (χ1) is 12.8. The second-order valence-electron chi connectivity index (χ2n) is 6.67. The third kappa shape index (κ3) is 5.71. The highest BCUT2D eigenvalue weighted by Crippen LogP contribution is 2.31. The van der Waals surface area contributed by atoms with Gasteiger partial charge in [-0.05, 0) is 42.7 Å². The highest BCUT2D eigenvalue weighted by Gasteiger charge is 2.31. The van der Waals surface area contributed by atoms with Gasteiger partial charge in [0.25, 0.3) is 0 Å². The van der Waals surface area contributed by atoms with Gasteiger partial charge in [-0.2, -0.15) is 13.2 Å². The van der Waals surface area contributed by atoms with Crippen molar-refractivity contribution < 1.29 is 18.0 Å². The smallest absolute Gasteiger partial charge is 0.325 e. The largest absolute Gasteiger partial charge is 0.416 e. The van der Waals surface area contributed by atoms with Crippen molar-refractivity contribution in [2.75, 3.05) is 11.9 Å². The first kappa shape index (κ1) is 19.7. The summed E-state index contributed by atoms with van der Waals surface area (Å²) in [5, 5.41) is 3.27. The molecule has 3 rings (SSSR count). The number of anilines is 1. The summed E-state index contributed by atoms with van der Waals surface area (Å²) in [6.07, 6.45) is -1.94. The molecule has 7 heteroatoms. The van der Waals surface area contributed by atoms with E-state index in [0.29, 0.717) is 36.3 Å². The lowest BCUT2D eigenvalue weighted by Gasteiger charge is -2.22. The minimum absolute atomic E-state index is 0.138. The lowest BCUT2D eigenvalue weighted by Crippen LogP contribution is -2.29. The second-order valence-corrected chi connectivity index (χ2v) is 7.08. The van der Waals surface area contributed by atoms with Gasteiger partial charge in [0.05, 0.1) is 16.3 Å². The molecule has 144 valence electrons. The van der Waals surface area contributed by atoms with Crippen molar-refractivity contribution in [2.24, 2.45) is 0 Å². The predicted octanol–water partition coefficient (Wildman–Crippen LogP) is 5.35. The van der Waals surface area contributed by atoms with Crippen LogP contribution in [0.15, 0.2) is 48.5 Å². The maximum absolute atomic E-state index is 12.7. The number of amides is 1. The molecule has 0 radical (unpaired) electrons. The van der Waals surface area contributed by atoms with Crippen molar-refractivity contribution in [1.29, 1.82) is 0 Å². The summed E-state index contributed by atoms with van der Waals surface area (Å²) in [6.45, 7) is 1.07. The number of nitrogens with one attached hydrogen (secondary N) is 1. The zero-order valence-corrected chi connectivity index (χ0v) is 15.4. The SMILES string of the molecule is O=C(CCN(Cc1ccc(C(F)(F)F)cc1)C1CC1)Nc1ccccc1Cl. The van der Waals surface area contributed by atoms with Crippen LogP contribution in [-0.4, -0.2) is 23.4 Å². The van der Waals surface area contributed by atoms with E-state index >= 15 is 0 Å². The third-order valence-corrected chi connectivity index (χ3v) is 4.83. The highest BCUT2D eigenvalue weighted by atomic mass is 35.5. The van der Waals surface area contributed by atoms with Crippen molar-refractivity contribution in [2.45, 2.75) is 38.0 Å². The van der Waals surface area contributed by atoms with Gasteiger partial charge in [-0.15, -0.1) is 0 Å². The molecule has 1 aliphatic carbocycles. The van der Waals surface area contributed by atoms with E-state index in [0.717, 1.165) is 30.5 Å². The molecule has 0 bridgehead atoms. The lowest BCUT2D eigenvalue weighted by molar-refractivity contribution is -0.137. The van der Waals surface area contributed by atoms with E-state index in [4.69, 9.17) is 11.6 Å². The Kier molecular flexibility index (Phi) is 6.07. The summed E-state index contributed by atoms with van der Waals surface area (Å²) in [5.74, 6) is -0.138. The van der Waals surface area contributed by atoms with Gasteiger partial charge < -0.3 is 5.32 Å². The predicted molar refractivity (Wildman–Crippen MR) is 99.6 cm³/mol. The number of hydrogen-bond acceptors (Lipinski definition) is 2. The Hall–Kier alpha value is -2.05. The Balaban J connectivity index is 1.55. The molecule has 0 saturated heterocycles. The van der Waals surface area contributed by atoms with Crippen LogP contribution in [0.3, 0.4) is 0 Å². The fraction of sp³-hybridized carbons (Fsp3) is 0.350. The van der Waals surface area contributed by atoms with Crippen LogP contribution >= 0.6 is 11.6 Å². The fourth-order valence-corrected chi connectivity index (χ4v) is 3.07. The van der Waals surface area contributed by atoms with Crippen LogP contribution in [0, 0.1) is 0 Å². The molecular weight excluding hydrogens is 377 g/mol. The Labute approximate surface area is 161 Å². The van der Waals surface area contributed by atoms with Crippen LogP contribution in [0.1, 0.15) is 30.4 Å². The highest BCUT2D eigenvalue weighted by molar-refractivity contribution is 6.33. The summed E-state index contributed by atoms with van der Waals surface area (Å²) >= 11 is 6.04. The number of halogens is 4. The quantitative estimate of drug-likeness (QED) is 0.684. The first-order valence-electron chi connectivity index (χ1n) is 8.77. The average Bonchev–Trinajstić information content (AvgIpc) is 3.45. The molecule has 1 N–H and O–H groups in total. The zero-order valence-electron chi connectivity index (χ0n) is 14.6. The lowest BCUT2D eigenvalue weighted by atomic mass is 10.1. The van der Waals surface area contributed by atoms with Gasteiger partial charge >= 0.3 is 6.18 Å². The van der Waals surface area contributed by atoms with Crippen molar-refractivity contribution >= 4 is 23.2 Å². The van der Waals surface area contributed by atoms with E-state index in [1.807, 2.05) is 0 Å². The summed E-state index contributed by atoms with van der Waals surface area (Å²) in [7, 11) is 0. The molecule has 3 nitrogen and oxygen atoms in total. The van der Waals surface area contributed by atoms with E-state index in [9.17, 15) is 18.0 Å². The number of carbonyl (C=O) groups is 1. The molecule has 1 amide bonds. The molecule has 1 saturated carbocycles. The van der Waals surface area contributed by atoms with E-state index < -0.39 is 11.7 Å². The van der Waals surface area contributed by atoms with Crippen molar-refractivity contribution in [3.05, 3.63) is 64.7 Å². The summed E-state index contributed by atoms with van der Waals surface area (Å²) in [5.41, 5.74) is 0.731. The standard InChI is InChI=1S/C20H20ClF3N2O/c21-17-3-1-2-4-18(17)25-19(27)11-12-26(16-9-10-16)13-14-5-7-15(8-6-14)20(22,23)24/h1-8,16H,9-13H2,(H,25,27). The van der Waals surface area contributed by atoms with E-state index in [1.165, 1.54) is 12.1 Å². The Bertz CT molecular complexity index is 789. The Morgan fingerprint density at radius 2 is 1.78 bits per heavy atom. The number of hydrogen-bond donors (Lipinski definition) is 1. The number of nitrogens with zero attached hydrogens (tertiary/aromatic N) is 1. The van der Waals surface area contributed by atoms with E-state index in [1.54, 1.807) is 24.3 Å². The van der Waals surface area contributed by atoms with Gasteiger partial charge in [0.2, 0.25) is 5.91 Å². The van der Waals surface area contributed by atoms with Crippen molar-refractivity contribution in [3.63, 3.8) is 0 Å². The number of carbonyl (C=O) groups excluding carboxylic acids is 1. The van der Waals surface area contributed by atoms with Gasteiger partial charge in [-0.25, -0.2) is 0 Å². The third-order valence-electron chi connectivity index (χ3n) is 4.50. The molecule has 0 aromatic heterocycles. The van der Waals surface area contributed by atoms with Crippen LogP contribution in [0.5, 0.6) is 0 Å². The van der Waals surface area contributed by atoms with Crippen LogP contribution in [0.4, 0.5) is 18.9 Å². The number of para-hydroxylation sites is 1. The maximum atomic E-state index is 12.7. The van der Waals surface area contributed by atoms with Gasteiger partial charge in [0.15, 0.2) is 0 Å². The van der Waals surface area contributed by atoms with Crippen LogP contribution in [0.25, 0.3) is 0 Å². The number of benzene rings is 2. The van der Waals surface area contributed by atoms with Crippen LogP contribution in [-0.2, 0) is 17.5 Å². The zero-order chi connectivity index (χ0) is 19.4. The molecule has 2 aromatic rings. The Morgan fingerprint density at radius 1 is 1.11 bits per heavy atom. The van der Waals surface area contributed by atoms with E-state index in [2.05, 4.69) is 10.2 Å². The van der Waals surface area contributed by atoms with Crippen molar-refractivity contribution in [1.82, 2.24) is 4.90 Å². The molecule has 27 heavy (non-hydrogen) atoms. The number of rotatable bonds is 7. The maximum Gasteiger partial charge on any atom is 0.416 e. The Morgan fingerprint density at radius 3 is 2.37 bits per heavy atom. The normalized spacial score (nSPS) is 14.4. The average molecular weight is 397 g/mol. The molecule has 2 aromatic carbocycles. The molecule has 0 aliphatic heterocycles. The van der Waals surface area contributed by atoms with E-state index in [-0.39, 0.29) is 5.91 Å². The molecule has 0 heterocycles. The topological polar surface area (TPSA) is 32.3 Å². The van der Waals surface area contributed by atoms with Crippen LogP contribution in [0.2, 0.25) is 5.02 Å². The first-order valence-corrected chi connectivity index (χ1v) is 9.15. The summed E-state index contributed by atoms with van der Waals surface area (Å²) in [6, 6.07) is 12.6. The molecule has 0 unspecified atom stereocenters. The minimum Gasteiger partial charge on any atom is -0.325 e. The van der Waals surface area contributed by atoms with Crippen LogP contribution < -0.4 is 5.32 Å². The monoisotopic (exact) mass is 396 g/mol. The summed E-state index contributed by atoms with van der Waals surface area (Å²) in [4.78, 5) is 14.3. The minimum atomic E-state index is -4.33. The molecule has 1 aliphatic rings. The molecule has 0 atom stereocenters. The van der Waals surface area contributed by atoms with Gasteiger partial charge in [0, 0.05) is 25.6 Å². The van der Waals surface area contributed by atoms with Gasteiger partial charge in [-0.3, -0.25) is 9.69 Å². The second kappa shape index (κ2) is 8.31. The molecule has 1 fully saturated rings.